The third kappa shape index (κ3) is 2.97. The number of nitrogens with zero attached hydrogens (tertiary/aromatic N) is 1. The number of imide groups is 1. The standard InChI is InChI=1S/C23H17FN2O2/c1-15-9-5-7-13-18(15)25-21-20(16-10-3-2-4-11-16)22(27)26(23(21)28)19-14-8-6-12-17(19)24/h2-14,25H,1H3. The van der Waals surface area contributed by atoms with Crippen molar-refractivity contribution in [2.45, 2.75) is 6.92 Å². The van der Waals surface area contributed by atoms with Crippen LogP contribution in [0.4, 0.5) is 15.8 Å². The van der Waals surface area contributed by atoms with E-state index in [1.807, 2.05) is 37.3 Å². The molecular formula is C23H17FN2O2. The Morgan fingerprint density at radius 3 is 2.14 bits per heavy atom. The van der Waals surface area contributed by atoms with Crippen molar-refractivity contribution in [1.29, 1.82) is 0 Å². The minimum absolute atomic E-state index is 0.0625. The van der Waals surface area contributed by atoms with E-state index in [0.717, 1.165) is 10.5 Å². The van der Waals surface area contributed by atoms with Gasteiger partial charge in [0.2, 0.25) is 0 Å². The highest BCUT2D eigenvalue weighted by Gasteiger charge is 2.41. The van der Waals surface area contributed by atoms with Crippen molar-refractivity contribution in [3.8, 4) is 0 Å². The molecule has 28 heavy (non-hydrogen) atoms. The molecule has 3 aromatic rings. The molecule has 0 fully saturated rings. The predicted octanol–water partition coefficient (Wildman–Crippen LogP) is 4.53. The summed E-state index contributed by atoms with van der Waals surface area (Å²) in [5.74, 6) is -1.77. The third-order valence-electron chi connectivity index (χ3n) is 4.64. The van der Waals surface area contributed by atoms with Crippen molar-refractivity contribution < 1.29 is 14.0 Å². The zero-order valence-corrected chi connectivity index (χ0v) is 15.1. The number of rotatable bonds is 4. The molecule has 4 nitrogen and oxygen atoms in total. The second-order valence-corrected chi connectivity index (χ2v) is 6.45. The van der Waals surface area contributed by atoms with E-state index < -0.39 is 17.6 Å². The Labute approximate surface area is 161 Å². The summed E-state index contributed by atoms with van der Waals surface area (Å²) >= 11 is 0. The van der Waals surface area contributed by atoms with Crippen LogP contribution in [0.25, 0.3) is 5.57 Å². The van der Waals surface area contributed by atoms with E-state index >= 15 is 0 Å². The van der Waals surface area contributed by atoms with Crippen molar-refractivity contribution in [2.75, 3.05) is 10.2 Å². The normalized spacial score (nSPS) is 14.0. The molecule has 3 aromatic carbocycles. The summed E-state index contributed by atoms with van der Waals surface area (Å²) in [4.78, 5) is 27.3. The van der Waals surface area contributed by atoms with Crippen LogP contribution >= 0.6 is 0 Å². The maximum atomic E-state index is 14.4. The highest BCUT2D eigenvalue weighted by molar-refractivity contribution is 6.46. The van der Waals surface area contributed by atoms with Crippen LogP contribution in [0.1, 0.15) is 11.1 Å². The number of carbonyl (C=O) groups excluding carboxylic acids is 2. The molecule has 1 N–H and O–H groups in total. The summed E-state index contributed by atoms with van der Waals surface area (Å²) in [5.41, 5.74) is 2.52. The fourth-order valence-corrected chi connectivity index (χ4v) is 3.22. The molecule has 0 spiro atoms. The summed E-state index contributed by atoms with van der Waals surface area (Å²) in [5, 5.41) is 3.10. The number of aryl methyl sites for hydroxylation is 1. The molecule has 0 aromatic heterocycles. The average Bonchev–Trinajstić information content (AvgIpc) is 2.95. The van der Waals surface area contributed by atoms with Crippen LogP contribution in [0.15, 0.2) is 84.6 Å². The van der Waals surface area contributed by atoms with Crippen molar-refractivity contribution in [3.63, 3.8) is 0 Å². The van der Waals surface area contributed by atoms with Gasteiger partial charge in [-0.05, 0) is 36.2 Å². The molecule has 2 amide bonds. The van der Waals surface area contributed by atoms with Gasteiger partial charge in [-0.2, -0.15) is 0 Å². The number of hydrogen-bond acceptors (Lipinski definition) is 3. The number of benzene rings is 3. The van der Waals surface area contributed by atoms with E-state index in [9.17, 15) is 14.0 Å². The Balaban J connectivity index is 1.86. The van der Waals surface area contributed by atoms with E-state index in [2.05, 4.69) is 5.32 Å². The van der Waals surface area contributed by atoms with Gasteiger partial charge in [-0.1, -0.05) is 60.7 Å². The molecule has 5 heteroatoms. The fraction of sp³-hybridized carbons (Fsp3) is 0.0435. The monoisotopic (exact) mass is 372 g/mol. The van der Waals surface area contributed by atoms with E-state index in [0.29, 0.717) is 11.3 Å². The molecule has 138 valence electrons. The van der Waals surface area contributed by atoms with E-state index in [4.69, 9.17) is 0 Å². The van der Waals surface area contributed by atoms with Gasteiger partial charge in [0, 0.05) is 5.69 Å². The molecule has 0 atom stereocenters. The number of nitrogens with one attached hydrogen (secondary N) is 1. The first-order chi connectivity index (χ1) is 13.6. The first-order valence-corrected chi connectivity index (χ1v) is 8.83. The van der Waals surface area contributed by atoms with Gasteiger partial charge in [-0.3, -0.25) is 9.59 Å². The third-order valence-corrected chi connectivity index (χ3v) is 4.64. The predicted molar refractivity (Wildman–Crippen MR) is 107 cm³/mol. The van der Waals surface area contributed by atoms with Crippen molar-refractivity contribution >= 4 is 28.8 Å². The Morgan fingerprint density at radius 1 is 0.786 bits per heavy atom. The smallest absolute Gasteiger partial charge is 0.282 e. The van der Waals surface area contributed by atoms with Crippen LogP contribution < -0.4 is 10.2 Å². The Bertz CT molecular complexity index is 1110. The van der Waals surface area contributed by atoms with E-state index in [1.165, 1.54) is 18.2 Å². The summed E-state index contributed by atoms with van der Waals surface area (Å²) < 4.78 is 14.4. The molecular weight excluding hydrogens is 355 g/mol. The Morgan fingerprint density at radius 2 is 1.43 bits per heavy atom. The van der Waals surface area contributed by atoms with E-state index in [-0.39, 0.29) is 17.0 Å². The van der Waals surface area contributed by atoms with Gasteiger partial charge in [0.25, 0.3) is 11.8 Å². The van der Waals surface area contributed by atoms with Gasteiger partial charge in [0.15, 0.2) is 0 Å². The molecule has 0 unspecified atom stereocenters. The van der Waals surface area contributed by atoms with Crippen LogP contribution in [0.3, 0.4) is 0 Å². The molecule has 0 aliphatic carbocycles. The van der Waals surface area contributed by atoms with Gasteiger partial charge >= 0.3 is 0 Å². The lowest BCUT2D eigenvalue weighted by molar-refractivity contribution is -0.120. The zero-order valence-electron chi connectivity index (χ0n) is 15.1. The minimum atomic E-state index is -0.631. The molecule has 4 rings (SSSR count). The molecule has 0 radical (unpaired) electrons. The highest BCUT2D eigenvalue weighted by Crippen LogP contribution is 2.35. The molecule has 1 heterocycles. The molecule has 0 saturated carbocycles. The van der Waals surface area contributed by atoms with Crippen LogP contribution in [0.2, 0.25) is 0 Å². The number of para-hydroxylation sites is 2. The van der Waals surface area contributed by atoms with Crippen LogP contribution in [0, 0.1) is 12.7 Å². The number of carbonyl (C=O) groups is 2. The van der Waals surface area contributed by atoms with Crippen LogP contribution in [-0.4, -0.2) is 11.8 Å². The molecule has 0 saturated heterocycles. The molecule has 1 aliphatic rings. The Hall–Kier alpha value is -3.73. The quantitative estimate of drug-likeness (QED) is 0.685. The Kier molecular flexibility index (Phi) is 4.49. The highest BCUT2D eigenvalue weighted by atomic mass is 19.1. The maximum Gasteiger partial charge on any atom is 0.282 e. The second-order valence-electron chi connectivity index (χ2n) is 6.45. The van der Waals surface area contributed by atoms with Gasteiger partial charge < -0.3 is 5.32 Å². The lowest BCUT2D eigenvalue weighted by atomic mass is 10.0. The molecule has 0 bridgehead atoms. The van der Waals surface area contributed by atoms with Crippen molar-refractivity contribution in [3.05, 3.63) is 102 Å². The lowest BCUT2D eigenvalue weighted by Crippen LogP contribution is -2.33. The molecule has 1 aliphatic heterocycles. The van der Waals surface area contributed by atoms with Gasteiger partial charge in [-0.15, -0.1) is 0 Å². The zero-order chi connectivity index (χ0) is 19.7. The SMILES string of the molecule is Cc1ccccc1NC1=C(c2ccccc2)C(=O)N(c2ccccc2F)C1=O. The minimum Gasteiger partial charge on any atom is -0.350 e. The summed E-state index contributed by atoms with van der Waals surface area (Å²) in [6.45, 7) is 1.90. The van der Waals surface area contributed by atoms with E-state index in [1.54, 1.807) is 30.3 Å². The number of halogens is 1. The summed E-state index contributed by atoms with van der Waals surface area (Å²) in [7, 11) is 0. The number of hydrogen-bond donors (Lipinski definition) is 1. The number of amides is 2. The van der Waals surface area contributed by atoms with Crippen molar-refractivity contribution in [2.24, 2.45) is 0 Å². The van der Waals surface area contributed by atoms with Crippen LogP contribution in [0.5, 0.6) is 0 Å². The lowest BCUT2D eigenvalue weighted by Gasteiger charge is -2.16. The first-order valence-electron chi connectivity index (χ1n) is 8.83. The maximum absolute atomic E-state index is 14.4. The fourth-order valence-electron chi connectivity index (χ4n) is 3.22. The first kappa shape index (κ1) is 17.7. The number of anilines is 2. The van der Waals surface area contributed by atoms with Gasteiger partial charge in [-0.25, -0.2) is 9.29 Å². The van der Waals surface area contributed by atoms with Gasteiger partial charge in [0.05, 0.1) is 11.3 Å². The second kappa shape index (κ2) is 7.12. The summed E-state index contributed by atoms with van der Waals surface area (Å²) in [6, 6.07) is 22.1. The van der Waals surface area contributed by atoms with Crippen LogP contribution in [-0.2, 0) is 9.59 Å². The summed E-state index contributed by atoms with van der Waals surface area (Å²) in [6.07, 6.45) is 0. The van der Waals surface area contributed by atoms with Gasteiger partial charge in [0.1, 0.15) is 11.5 Å². The average molecular weight is 372 g/mol. The topological polar surface area (TPSA) is 49.4 Å². The largest absolute Gasteiger partial charge is 0.350 e. The van der Waals surface area contributed by atoms with Crippen molar-refractivity contribution in [1.82, 2.24) is 0 Å².